The van der Waals surface area contributed by atoms with E-state index in [0.29, 0.717) is 17.8 Å². The van der Waals surface area contributed by atoms with Crippen LogP contribution in [0.4, 0.5) is 0 Å². The average molecular weight is 269 g/mol. The first-order valence-corrected chi connectivity index (χ1v) is 7.60. The van der Waals surface area contributed by atoms with Crippen molar-refractivity contribution in [1.82, 2.24) is 5.32 Å². The number of nitrogens with one attached hydrogen (secondary N) is 1. The number of Topliss-reactive ketones (excluding diaryl/α,β-unsaturated/α-hetero) is 1. The van der Waals surface area contributed by atoms with E-state index in [0.717, 1.165) is 28.4 Å². The van der Waals surface area contributed by atoms with Crippen LogP contribution in [0.25, 0.3) is 0 Å². The third-order valence-electron chi connectivity index (χ3n) is 2.60. The third kappa shape index (κ3) is 2.90. The second-order valence-corrected chi connectivity index (χ2v) is 6.36. The second-order valence-electron chi connectivity index (χ2n) is 3.94. The number of fused-ring (bicyclic) bond motifs is 1. The highest BCUT2D eigenvalue weighted by Gasteiger charge is 2.23. The predicted molar refractivity (Wildman–Crippen MR) is 71.2 cm³/mol. The van der Waals surface area contributed by atoms with Gasteiger partial charge < -0.3 is 5.32 Å². The highest BCUT2D eigenvalue weighted by atomic mass is 32.2. The van der Waals surface area contributed by atoms with E-state index < -0.39 is 0 Å². The number of thioether (sulfide) groups is 1. The van der Waals surface area contributed by atoms with Gasteiger partial charge in [-0.05, 0) is 12.5 Å². The molecule has 0 atom stereocenters. The second kappa shape index (κ2) is 5.69. The summed E-state index contributed by atoms with van der Waals surface area (Å²) in [5, 5.41) is 2.87. The summed E-state index contributed by atoms with van der Waals surface area (Å²) in [6, 6.07) is 1.75. The van der Waals surface area contributed by atoms with Crippen LogP contribution in [0.15, 0.2) is 10.3 Å². The molecule has 1 N–H and O–H groups in total. The van der Waals surface area contributed by atoms with E-state index in [9.17, 15) is 9.59 Å². The Balaban J connectivity index is 2.07. The summed E-state index contributed by atoms with van der Waals surface area (Å²) in [6.45, 7) is 2.80. The lowest BCUT2D eigenvalue weighted by atomic mass is 10.1. The molecular weight excluding hydrogens is 254 g/mol. The van der Waals surface area contributed by atoms with Gasteiger partial charge in [0.15, 0.2) is 5.78 Å². The maximum Gasteiger partial charge on any atom is 0.261 e. The maximum atomic E-state index is 11.8. The van der Waals surface area contributed by atoms with Gasteiger partial charge in [-0.2, -0.15) is 0 Å². The normalized spacial score (nSPS) is 14.5. The topological polar surface area (TPSA) is 46.2 Å². The Morgan fingerprint density at radius 3 is 3.06 bits per heavy atom. The van der Waals surface area contributed by atoms with Crippen molar-refractivity contribution in [2.45, 2.75) is 30.4 Å². The first-order chi connectivity index (χ1) is 8.22. The van der Waals surface area contributed by atoms with Crippen LogP contribution in [0.2, 0.25) is 0 Å². The van der Waals surface area contributed by atoms with Crippen molar-refractivity contribution in [3.05, 3.63) is 16.5 Å². The van der Waals surface area contributed by atoms with Gasteiger partial charge in [-0.15, -0.1) is 23.1 Å². The number of thiophene rings is 1. The number of hydrogen-bond donors (Lipinski definition) is 1. The Kier molecular flexibility index (Phi) is 4.23. The fourth-order valence-corrected chi connectivity index (χ4v) is 4.00. The summed E-state index contributed by atoms with van der Waals surface area (Å²) >= 11 is 3.11. The highest BCUT2D eigenvalue weighted by Crippen LogP contribution is 2.36. The van der Waals surface area contributed by atoms with Gasteiger partial charge in [-0.25, -0.2) is 0 Å². The number of rotatable bonds is 4. The van der Waals surface area contributed by atoms with E-state index in [4.69, 9.17) is 0 Å². The SMILES string of the molecule is CCCCNC(=O)c1cc2c(s1)SCCC2=O. The van der Waals surface area contributed by atoms with Crippen LogP contribution in [0, 0.1) is 0 Å². The summed E-state index contributed by atoms with van der Waals surface area (Å²) in [5.74, 6) is 0.956. The van der Waals surface area contributed by atoms with Crippen molar-refractivity contribution in [2.24, 2.45) is 0 Å². The van der Waals surface area contributed by atoms with Crippen LogP contribution < -0.4 is 5.32 Å². The number of amides is 1. The molecule has 2 heterocycles. The molecule has 0 unspecified atom stereocenters. The minimum atomic E-state index is -0.0498. The maximum absolute atomic E-state index is 11.8. The van der Waals surface area contributed by atoms with E-state index in [1.807, 2.05) is 0 Å². The Labute approximate surface area is 109 Å². The lowest BCUT2D eigenvalue weighted by molar-refractivity contribution is 0.0957. The van der Waals surface area contributed by atoms with Crippen molar-refractivity contribution in [2.75, 3.05) is 12.3 Å². The molecule has 1 amide bonds. The van der Waals surface area contributed by atoms with Gasteiger partial charge in [0.2, 0.25) is 0 Å². The molecule has 17 heavy (non-hydrogen) atoms. The van der Waals surface area contributed by atoms with Crippen LogP contribution in [0.3, 0.4) is 0 Å². The monoisotopic (exact) mass is 269 g/mol. The fourth-order valence-electron chi connectivity index (χ4n) is 1.62. The number of carbonyl (C=O) groups is 2. The molecule has 0 aromatic carbocycles. The molecule has 0 radical (unpaired) electrons. The molecule has 3 nitrogen and oxygen atoms in total. The summed E-state index contributed by atoms with van der Waals surface area (Å²) in [7, 11) is 0. The Hall–Kier alpha value is -0.810. The highest BCUT2D eigenvalue weighted by molar-refractivity contribution is 8.01. The van der Waals surface area contributed by atoms with E-state index in [1.165, 1.54) is 11.3 Å². The van der Waals surface area contributed by atoms with Crippen molar-refractivity contribution in [1.29, 1.82) is 0 Å². The van der Waals surface area contributed by atoms with E-state index in [-0.39, 0.29) is 11.7 Å². The van der Waals surface area contributed by atoms with Gasteiger partial charge >= 0.3 is 0 Å². The molecule has 1 aromatic rings. The number of ketones is 1. The summed E-state index contributed by atoms with van der Waals surface area (Å²) in [5.41, 5.74) is 0.742. The van der Waals surface area contributed by atoms with Crippen LogP contribution in [-0.2, 0) is 0 Å². The first kappa shape index (κ1) is 12.6. The minimum Gasteiger partial charge on any atom is -0.351 e. The quantitative estimate of drug-likeness (QED) is 0.855. The first-order valence-electron chi connectivity index (χ1n) is 5.80. The van der Waals surface area contributed by atoms with Crippen LogP contribution in [0.1, 0.15) is 46.2 Å². The number of carbonyl (C=O) groups excluding carboxylic acids is 2. The van der Waals surface area contributed by atoms with Gasteiger partial charge in [0.05, 0.1) is 9.09 Å². The van der Waals surface area contributed by atoms with E-state index in [1.54, 1.807) is 17.8 Å². The van der Waals surface area contributed by atoms with Gasteiger partial charge in [0.1, 0.15) is 0 Å². The fraction of sp³-hybridized carbons (Fsp3) is 0.500. The molecular formula is C12H15NO2S2. The Morgan fingerprint density at radius 1 is 1.53 bits per heavy atom. The molecule has 1 aliphatic rings. The molecule has 1 aliphatic heterocycles. The molecule has 0 aliphatic carbocycles. The largest absolute Gasteiger partial charge is 0.351 e. The lowest BCUT2D eigenvalue weighted by Gasteiger charge is -2.07. The molecule has 0 bridgehead atoms. The minimum absolute atomic E-state index is 0.0498. The Morgan fingerprint density at radius 2 is 2.35 bits per heavy atom. The molecule has 0 saturated heterocycles. The van der Waals surface area contributed by atoms with Crippen LogP contribution in [0.5, 0.6) is 0 Å². The van der Waals surface area contributed by atoms with E-state index in [2.05, 4.69) is 12.2 Å². The summed E-state index contributed by atoms with van der Waals surface area (Å²) in [4.78, 5) is 24.1. The van der Waals surface area contributed by atoms with Gasteiger partial charge in [-0.1, -0.05) is 13.3 Å². The predicted octanol–water partition coefficient (Wildman–Crippen LogP) is 2.96. The molecule has 0 fully saturated rings. The lowest BCUT2D eigenvalue weighted by Crippen LogP contribution is -2.23. The van der Waals surface area contributed by atoms with Gasteiger partial charge in [-0.3, -0.25) is 9.59 Å². The zero-order valence-electron chi connectivity index (χ0n) is 9.75. The number of unbranched alkanes of at least 4 members (excludes halogenated alkanes) is 1. The molecule has 0 saturated carbocycles. The van der Waals surface area contributed by atoms with Crippen LogP contribution >= 0.6 is 23.1 Å². The summed E-state index contributed by atoms with van der Waals surface area (Å²) < 4.78 is 1.00. The number of hydrogen-bond acceptors (Lipinski definition) is 4. The average Bonchev–Trinajstić information content (AvgIpc) is 2.75. The molecule has 0 spiro atoms. The Bertz CT molecular complexity index is 440. The van der Waals surface area contributed by atoms with Crippen LogP contribution in [-0.4, -0.2) is 24.0 Å². The summed E-state index contributed by atoms with van der Waals surface area (Å²) in [6.07, 6.45) is 2.64. The van der Waals surface area contributed by atoms with E-state index >= 15 is 0 Å². The van der Waals surface area contributed by atoms with Crippen molar-refractivity contribution < 1.29 is 9.59 Å². The van der Waals surface area contributed by atoms with Gasteiger partial charge in [0, 0.05) is 24.3 Å². The zero-order valence-corrected chi connectivity index (χ0v) is 11.4. The molecule has 1 aromatic heterocycles. The molecule has 2 rings (SSSR count). The third-order valence-corrected chi connectivity index (χ3v) is 5.02. The standard InChI is InChI=1S/C12H15NO2S2/c1-2-3-5-13-11(15)10-7-8-9(14)4-6-16-12(8)17-10/h7H,2-6H2,1H3,(H,13,15). The van der Waals surface area contributed by atoms with Crippen molar-refractivity contribution in [3.63, 3.8) is 0 Å². The van der Waals surface area contributed by atoms with Gasteiger partial charge in [0.25, 0.3) is 5.91 Å². The zero-order chi connectivity index (χ0) is 12.3. The molecule has 92 valence electrons. The van der Waals surface area contributed by atoms with Crippen molar-refractivity contribution >= 4 is 34.8 Å². The molecule has 5 heteroatoms. The smallest absolute Gasteiger partial charge is 0.261 e. The van der Waals surface area contributed by atoms with Crippen molar-refractivity contribution in [3.8, 4) is 0 Å².